The maximum atomic E-state index is 12.6. The lowest BCUT2D eigenvalue weighted by Gasteiger charge is -2.36. The summed E-state index contributed by atoms with van der Waals surface area (Å²) in [5.41, 5.74) is 3.05. The van der Waals surface area contributed by atoms with Crippen molar-refractivity contribution in [2.24, 2.45) is 17.8 Å². The number of benzene rings is 1. The predicted octanol–water partition coefficient (Wildman–Crippen LogP) is 4.64. The molecule has 2 aromatic rings. The molecule has 2 fully saturated rings. The number of thiazole rings is 1. The molecule has 0 saturated heterocycles. The number of carbonyl (C=O) groups excluding carboxylic acids is 3. The zero-order chi connectivity index (χ0) is 22.0. The summed E-state index contributed by atoms with van der Waals surface area (Å²) >= 11 is 1.34. The third-order valence-corrected chi connectivity index (χ3v) is 7.19. The van der Waals surface area contributed by atoms with E-state index in [1.54, 1.807) is 6.92 Å². The molecule has 0 radical (unpaired) electrons. The fourth-order valence-corrected chi connectivity index (χ4v) is 5.30. The molecule has 2 aliphatic rings. The summed E-state index contributed by atoms with van der Waals surface area (Å²) in [5, 5.41) is 5.11. The molecule has 1 unspecified atom stereocenters. The minimum atomic E-state index is -0.916. The van der Waals surface area contributed by atoms with Gasteiger partial charge in [-0.2, -0.15) is 0 Å². The van der Waals surface area contributed by atoms with Gasteiger partial charge >= 0.3 is 5.97 Å². The number of aromatic nitrogens is 1. The van der Waals surface area contributed by atoms with Crippen LogP contribution in [0.3, 0.4) is 0 Å². The summed E-state index contributed by atoms with van der Waals surface area (Å²) in [7, 11) is 0. The maximum Gasteiger partial charge on any atom is 0.309 e. The number of ether oxygens (including phenoxy) is 1. The molecular formula is C24H28N2O4S. The highest BCUT2D eigenvalue weighted by Crippen LogP contribution is 2.40. The van der Waals surface area contributed by atoms with Crippen LogP contribution in [0.5, 0.6) is 0 Å². The molecule has 1 aromatic heterocycles. The molecule has 6 nitrogen and oxygen atoms in total. The minimum Gasteiger partial charge on any atom is -0.452 e. The molecule has 1 aromatic carbocycles. The van der Waals surface area contributed by atoms with Crippen molar-refractivity contribution in [2.45, 2.75) is 58.5 Å². The number of rotatable bonds is 6. The van der Waals surface area contributed by atoms with E-state index in [0.717, 1.165) is 36.9 Å². The summed E-state index contributed by atoms with van der Waals surface area (Å²) in [6.07, 6.45) is 3.95. The van der Waals surface area contributed by atoms with E-state index < -0.39 is 12.0 Å². The van der Waals surface area contributed by atoms with Gasteiger partial charge in [-0.3, -0.25) is 19.7 Å². The average molecular weight is 441 g/mol. The maximum absolute atomic E-state index is 12.6. The smallest absolute Gasteiger partial charge is 0.309 e. The summed E-state index contributed by atoms with van der Waals surface area (Å²) in [6.45, 7) is 3.68. The van der Waals surface area contributed by atoms with Crippen LogP contribution in [-0.4, -0.2) is 28.7 Å². The third kappa shape index (κ3) is 4.87. The quantitative estimate of drug-likeness (QED) is 0.662. The van der Waals surface area contributed by atoms with Crippen molar-refractivity contribution < 1.29 is 19.1 Å². The van der Waals surface area contributed by atoms with E-state index in [2.05, 4.69) is 29.4 Å². The van der Waals surface area contributed by atoms with Crippen molar-refractivity contribution in [1.82, 2.24) is 4.98 Å². The number of Topliss-reactive ketones (excluding diaryl/α,β-unsaturated/α-hetero) is 1. The summed E-state index contributed by atoms with van der Waals surface area (Å²) in [6, 6.07) is 8.19. The molecular weight excluding hydrogens is 412 g/mol. The Morgan fingerprint density at radius 1 is 1.19 bits per heavy atom. The topological polar surface area (TPSA) is 85.4 Å². The first-order chi connectivity index (χ1) is 14.9. The van der Waals surface area contributed by atoms with E-state index in [1.165, 1.54) is 16.9 Å². The highest BCUT2D eigenvalue weighted by atomic mass is 32.1. The van der Waals surface area contributed by atoms with E-state index in [4.69, 9.17) is 4.74 Å². The van der Waals surface area contributed by atoms with Crippen LogP contribution in [0.1, 0.15) is 51.5 Å². The van der Waals surface area contributed by atoms with Gasteiger partial charge in [0.15, 0.2) is 11.2 Å². The van der Waals surface area contributed by atoms with Crippen LogP contribution in [0.2, 0.25) is 0 Å². The fraction of sp³-hybridized carbons (Fsp3) is 0.500. The first kappa shape index (κ1) is 21.7. The zero-order valence-electron chi connectivity index (χ0n) is 17.9. The molecule has 0 spiro atoms. The van der Waals surface area contributed by atoms with E-state index in [-0.39, 0.29) is 23.7 Å². The Hall–Kier alpha value is -2.54. The molecule has 1 heterocycles. The molecule has 2 saturated carbocycles. The number of nitrogens with zero attached hydrogens (tertiary/aromatic N) is 1. The van der Waals surface area contributed by atoms with Gasteiger partial charge in [-0.05, 0) is 44.6 Å². The van der Waals surface area contributed by atoms with Gasteiger partial charge in [0.05, 0.1) is 11.6 Å². The SMILES string of the molecule is CCc1ccc(-c2csc(NC(=O)[C@H](C)OC(=O)C3C[C@H]4CCC[C@@H](C3)C4=O)n2)cc1. The van der Waals surface area contributed by atoms with Crippen LogP contribution >= 0.6 is 11.3 Å². The van der Waals surface area contributed by atoms with Crippen molar-refractivity contribution in [1.29, 1.82) is 0 Å². The number of esters is 1. The Labute approximate surface area is 186 Å². The van der Waals surface area contributed by atoms with Crippen molar-refractivity contribution in [3.63, 3.8) is 0 Å². The van der Waals surface area contributed by atoms with Gasteiger partial charge in [-0.1, -0.05) is 37.6 Å². The minimum absolute atomic E-state index is 0.0192. The first-order valence-electron chi connectivity index (χ1n) is 11.0. The Morgan fingerprint density at radius 2 is 1.87 bits per heavy atom. The van der Waals surface area contributed by atoms with Crippen LogP contribution in [0.25, 0.3) is 11.3 Å². The molecule has 4 atom stereocenters. The summed E-state index contributed by atoms with van der Waals surface area (Å²) in [4.78, 5) is 41.9. The number of amides is 1. The second-order valence-corrected chi connectivity index (χ2v) is 9.41. The van der Waals surface area contributed by atoms with Crippen LogP contribution in [0.15, 0.2) is 29.6 Å². The van der Waals surface area contributed by atoms with Gasteiger partial charge in [0, 0.05) is 22.8 Å². The van der Waals surface area contributed by atoms with Gasteiger partial charge in [0.1, 0.15) is 5.78 Å². The van der Waals surface area contributed by atoms with Gasteiger partial charge in [-0.25, -0.2) is 4.98 Å². The number of hydrogen-bond acceptors (Lipinski definition) is 6. The van der Waals surface area contributed by atoms with E-state index >= 15 is 0 Å². The Balaban J connectivity index is 1.32. The lowest BCUT2D eigenvalue weighted by Crippen LogP contribution is -2.41. The van der Waals surface area contributed by atoms with Crippen molar-refractivity contribution >= 4 is 34.1 Å². The molecule has 164 valence electrons. The van der Waals surface area contributed by atoms with E-state index in [1.807, 2.05) is 17.5 Å². The average Bonchev–Trinajstić information content (AvgIpc) is 3.22. The molecule has 7 heteroatoms. The molecule has 2 aliphatic carbocycles. The molecule has 31 heavy (non-hydrogen) atoms. The highest BCUT2D eigenvalue weighted by molar-refractivity contribution is 7.14. The molecule has 1 amide bonds. The van der Waals surface area contributed by atoms with Gasteiger partial charge in [0.2, 0.25) is 0 Å². The second-order valence-electron chi connectivity index (χ2n) is 8.55. The first-order valence-corrected chi connectivity index (χ1v) is 11.9. The zero-order valence-corrected chi connectivity index (χ0v) is 18.7. The van der Waals surface area contributed by atoms with Crippen molar-refractivity contribution in [3.05, 3.63) is 35.2 Å². The monoisotopic (exact) mass is 440 g/mol. The van der Waals surface area contributed by atoms with Gasteiger partial charge in [0.25, 0.3) is 5.91 Å². The van der Waals surface area contributed by atoms with Crippen LogP contribution in [0, 0.1) is 17.8 Å². The number of ketones is 1. The van der Waals surface area contributed by atoms with Crippen molar-refractivity contribution in [3.8, 4) is 11.3 Å². The second kappa shape index (κ2) is 9.30. The molecule has 4 rings (SSSR count). The number of anilines is 1. The Bertz CT molecular complexity index is 952. The normalized spacial score (nSPS) is 23.8. The molecule has 0 aliphatic heterocycles. The summed E-state index contributed by atoms with van der Waals surface area (Å²) < 4.78 is 5.46. The van der Waals surface area contributed by atoms with E-state index in [0.29, 0.717) is 23.8 Å². The van der Waals surface area contributed by atoms with Crippen LogP contribution in [-0.2, 0) is 25.5 Å². The Morgan fingerprint density at radius 3 is 2.52 bits per heavy atom. The van der Waals surface area contributed by atoms with Gasteiger partial charge in [-0.15, -0.1) is 11.3 Å². The largest absolute Gasteiger partial charge is 0.452 e. The number of aryl methyl sites for hydroxylation is 1. The summed E-state index contributed by atoms with van der Waals surface area (Å²) in [5.74, 6) is -0.792. The number of nitrogens with one attached hydrogen (secondary N) is 1. The highest BCUT2D eigenvalue weighted by Gasteiger charge is 2.42. The number of fused-ring (bicyclic) bond motifs is 2. The number of hydrogen-bond donors (Lipinski definition) is 1. The number of carbonyl (C=O) groups is 3. The third-order valence-electron chi connectivity index (χ3n) is 6.44. The van der Waals surface area contributed by atoms with Crippen LogP contribution in [0.4, 0.5) is 5.13 Å². The predicted molar refractivity (Wildman–Crippen MR) is 120 cm³/mol. The standard InChI is InChI=1S/C24H28N2O4S/c1-3-15-7-9-16(10-8-15)20-13-31-24(25-20)26-22(28)14(2)30-23(29)19-11-17-5-4-6-18(12-19)21(17)27/h7-10,13-14,17-19H,3-6,11-12H2,1-2H3,(H,25,26,28)/t14-,17-,18+,19?/m0/s1. The van der Waals surface area contributed by atoms with Crippen LogP contribution < -0.4 is 5.32 Å². The lowest BCUT2D eigenvalue weighted by atomic mass is 9.67. The van der Waals surface area contributed by atoms with Gasteiger partial charge < -0.3 is 4.74 Å². The van der Waals surface area contributed by atoms with Crippen molar-refractivity contribution in [2.75, 3.05) is 5.32 Å². The van der Waals surface area contributed by atoms with E-state index in [9.17, 15) is 14.4 Å². The molecule has 2 bridgehead atoms. The Kier molecular flexibility index (Phi) is 6.51. The fourth-order valence-electron chi connectivity index (χ4n) is 4.58. The lowest BCUT2D eigenvalue weighted by molar-refractivity contribution is -0.161. The molecule has 1 N–H and O–H groups in total.